The van der Waals surface area contributed by atoms with Gasteiger partial charge in [-0.3, -0.25) is 0 Å². The highest BCUT2D eigenvalue weighted by Gasteiger charge is 2.29. The van der Waals surface area contributed by atoms with Gasteiger partial charge in [-0.1, -0.05) is 0 Å². The summed E-state index contributed by atoms with van der Waals surface area (Å²) >= 11 is 0. The molecule has 0 amide bonds. The summed E-state index contributed by atoms with van der Waals surface area (Å²) in [6, 6.07) is 0. The molecule has 60 valence electrons. The van der Waals surface area contributed by atoms with E-state index in [9.17, 15) is 4.79 Å². The van der Waals surface area contributed by atoms with Crippen molar-refractivity contribution in [1.29, 1.82) is 0 Å². The molecule has 0 fully saturated rings. The molecule has 10 heavy (non-hydrogen) atoms. The largest absolute Gasteiger partial charge is 0.479 e. The lowest BCUT2D eigenvalue weighted by atomic mass is 10.8. The SMILES string of the molecule is CC[P+](C)(CC)CC(=O)O. The van der Waals surface area contributed by atoms with Gasteiger partial charge < -0.3 is 5.11 Å². The van der Waals surface area contributed by atoms with Crippen molar-refractivity contribution in [2.45, 2.75) is 13.8 Å². The van der Waals surface area contributed by atoms with Gasteiger partial charge in [0, 0.05) is 13.9 Å². The van der Waals surface area contributed by atoms with Crippen LogP contribution in [0.4, 0.5) is 0 Å². The molecule has 1 N–H and O–H groups in total. The topological polar surface area (TPSA) is 37.3 Å². The Balaban J connectivity index is 3.92. The minimum atomic E-state index is -1.09. The number of carbonyl (C=O) groups is 1. The molecule has 0 aliphatic carbocycles. The van der Waals surface area contributed by atoms with E-state index < -0.39 is 13.2 Å². The van der Waals surface area contributed by atoms with Crippen LogP contribution in [0.2, 0.25) is 0 Å². The fourth-order valence-corrected chi connectivity index (χ4v) is 2.32. The molecule has 0 heterocycles. The van der Waals surface area contributed by atoms with Crippen LogP contribution in [0.15, 0.2) is 0 Å². The Labute approximate surface area is 63.0 Å². The number of rotatable bonds is 4. The standard InChI is InChI=1S/C7H15O2P/c1-4-10(3,5-2)6-7(8)9/h4-6H2,1-3H3/p+1. The summed E-state index contributed by atoms with van der Waals surface area (Å²) in [5.41, 5.74) is 0. The minimum Gasteiger partial charge on any atom is -0.479 e. The van der Waals surface area contributed by atoms with Gasteiger partial charge in [-0.25, -0.2) is 4.79 Å². The average molecular weight is 163 g/mol. The number of hydrogen-bond donors (Lipinski definition) is 1. The molecule has 0 bridgehead atoms. The zero-order valence-corrected chi connectivity index (χ0v) is 7.82. The van der Waals surface area contributed by atoms with E-state index in [1.165, 1.54) is 0 Å². The number of carboxylic acids is 1. The van der Waals surface area contributed by atoms with E-state index in [1.54, 1.807) is 0 Å². The van der Waals surface area contributed by atoms with Crippen LogP contribution in [-0.4, -0.2) is 36.2 Å². The van der Waals surface area contributed by atoms with Crippen molar-refractivity contribution in [2.24, 2.45) is 0 Å². The predicted molar refractivity (Wildman–Crippen MR) is 46.4 cm³/mol. The molecule has 0 spiro atoms. The monoisotopic (exact) mass is 163 g/mol. The van der Waals surface area contributed by atoms with Crippen molar-refractivity contribution in [1.82, 2.24) is 0 Å². The van der Waals surface area contributed by atoms with Crippen LogP contribution in [0.1, 0.15) is 13.8 Å². The fraction of sp³-hybridized carbons (Fsp3) is 0.857. The van der Waals surface area contributed by atoms with E-state index in [4.69, 9.17) is 5.11 Å². The summed E-state index contributed by atoms with van der Waals surface area (Å²) in [4.78, 5) is 10.4. The van der Waals surface area contributed by atoms with Crippen LogP contribution < -0.4 is 0 Å². The van der Waals surface area contributed by atoms with Crippen LogP contribution in [-0.2, 0) is 4.79 Å². The quantitative estimate of drug-likeness (QED) is 0.641. The highest BCUT2D eigenvalue weighted by atomic mass is 31.2. The van der Waals surface area contributed by atoms with Crippen molar-refractivity contribution in [3.8, 4) is 0 Å². The first-order valence-electron chi connectivity index (χ1n) is 3.59. The molecule has 0 aromatic rings. The summed E-state index contributed by atoms with van der Waals surface area (Å²) in [6.07, 6.45) is 2.51. The van der Waals surface area contributed by atoms with Crippen LogP contribution in [0.25, 0.3) is 0 Å². The van der Waals surface area contributed by atoms with E-state index in [0.29, 0.717) is 6.16 Å². The van der Waals surface area contributed by atoms with Gasteiger partial charge in [-0.15, -0.1) is 0 Å². The Kier molecular flexibility index (Phi) is 3.88. The summed E-state index contributed by atoms with van der Waals surface area (Å²) in [5, 5.41) is 8.54. The second kappa shape index (κ2) is 3.92. The van der Waals surface area contributed by atoms with E-state index in [2.05, 4.69) is 20.5 Å². The third kappa shape index (κ3) is 3.17. The summed E-state index contributed by atoms with van der Waals surface area (Å²) in [5.74, 6) is -0.639. The Morgan fingerprint density at radius 2 is 1.80 bits per heavy atom. The Morgan fingerprint density at radius 3 is 1.90 bits per heavy atom. The summed E-state index contributed by atoms with van der Waals surface area (Å²) in [7, 11) is -1.09. The van der Waals surface area contributed by atoms with Crippen molar-refractivity contribution < 1.29 is 9.90 Å². The zero-order valence-electron chi connectivity index (χ0n) is 6.92. The van der Waals surface area contributed by atoms with Gasteiger partial charge in [-0.05, 0) is 13.8 Å². The van der Waals surface area contributed by atoms with Gasteiger partial charge in [-0.2, -0.15) is 0 Å². The van der Waals surface area contributed by atoms with Gasteiger partial charge in [0.25, 0.3) is 0 Å². The van der Waals surface area contributed by atoms with Crippen molar-refractivity contribution in [3.05, 3.63) is 0 Å². The van der Waals surface area contributed by atoms with Gasteiger partial charge in [0.15, 0.2) is 6.16 Å². The van der Waals surface area contributed by atoms with E-state index in [1.807, 2.05) is 0 Å². The molecule has 0 saturated heterocycles. The second-order valence-electron chi connectivity index (χ2n) is 2.80. The lowest BCUT2D eigenvalue weighted by Gasteiger charge is -2.16. The highest BCUT2D eigenvalue weighted by molar-refractivity contribution is 7.75. The van der Waals surface area contributed by atoms with Gasteiger partial charge in [0.05, 0.1) is 12.3 Å². The van der Waals surface area contributed by atoms with Crippen LogP contribution in [0, 0.1) is 0 Å². The Bertz CT molecular complexity index is 119. The van der Waals surface area contributed by atoms with E-state index in [-0.39, 0.29) is 0 Å². The molecule has 0 aliphatic heterocycles. The molecule has 3 heteroatoms. The molecular formula is C7H16O2P+. The Hall–Kier alpha value is -0.100. The van der Waals surface area contributed by atoms with Crippen molar-refractivity contribution in [2.75, 3.05) is 25.2 Å². The summed E-state index contributed by atoms with van der Waals surface area (Å²) < 4.78 is 0. The molecular weight excluding hydrogens is 147 g/mol. The summed E-state index contributed by atoms with van der Waals surface area (Å²) in [6.45, 7) is 6.29. The van der Waals surface area contributed by atoms with E-state index in [0.717, 1.165) is 12.3 Å². The number of hydrogen-bond acceptors (Lipinski definition) is 1. The maximum Gasteiger partial charge on any atom is 0.341 e. The number of aliphatic carboxylic acids is 1. The third-order valence-corrected chi connectivity index (χ3v) is 6.13. The molecule has 0 saturated carbocycles. The second-order valence-corrected chi connectivity index (χ2v) is 7.62. The van der Waals surface area contributed by atoms with Crippen LogP contribution >= 0.6 is 7.26 Å². The van der Waals surface area contributed by atoms with Crippen molar-refractivity contribution in [3.63, 3.8) is 0 Å². The first kappa shape index (κ1) is 9.90. The lowest BCUT2D eigenvalue weighted by molar-refractivity contribution is -0.134. The molecule has 0 rings (SSSR count). The first-order valence-corrected chi connectivity index (χ1v) is 6.38. The van der Waals surface area contributed by atoms with Gasteiger partial charge >= 0.3 is 5.97 Å². The predicted octanol–water partition coefficient (Wildman–Crippen LogP) is 1.76. The minimum absolute atomic E-state index is 0.403. The maximum atomic E-state index is 10.4. The molecule has 0 aromatic carbocycles. The third-order valence-electron chi connectivity index (χ3n) is 2.04. The lowest BCUT2D eigenvalue weighted by Crippen LogP contribution is -2.11. The van der Waals surface area contributed by atoms with E-state index >= 15 is 0 Å². The highest BCUT2D eigenvalue weighted by Crippen LogP contribution is 2.53. The molecule has 0 atom stereocenters. The zero-order chi connectivity index (χ0) is 8.20. The smallest absolute Gasteiger partial charge is 0.341 e. The average Bonchev–Trinajstić information content (AvgIpc) is 1.87. The first-order chi connectivity index (χ1) is 4.54. The normalized spacial score (nSPS) is 11.5. The number of carboxylic acid groups (broad SMARTS) is 1. The van der Waals surface area contributed by atoms with Crippen LogP contribution in [0.3, 0.4) is 0 Å². The van der Waals surface area contributed by atoms with Gasteiger partial charge in [0.2, 0.25) is 0 Å². The molecule has 0 aromatic heterocycles. The van der Waals surface area contributed by atoms with Gasteiger partial charge in [0.1, 0.15) is 0 Å². The molecule has 0 radical (unpaired) electrons. The molecule has 0 unspecified atom stereocenters. The van der Waals surface area contributed by atoms with Crippen molar-refractivity contribution >= 4 is 13.2 Å². The molecule has 2 nitrogen and oxygen atoms in total. The molecule has 0 aliphatic rings. The Morgan fingerprint density at radius 1 is 1.40 bits per heavy atom. The maximum absolute atomic E-state index is 10.4. The fourth-order valence-electron chi connectivity index (χ4n) is 0.774. The van der Waals surface area contributed by atoms with Crippen LogP contribution in [0.5, 0.6) is 0 Å².